The standard InChI is InChI=1S/C9H7ClO2S/c10-3-5-1-6(11)2-7-8(12)4-13-9(5)7/h1-2,4,11-12H,3H2. The molecule has 2 rings (SSSR count). The van der Waals surface area contributed by atoms with Crippen molar-refractivity contribution in [1.29, 1.82) is 0 Å². The molecule has 1 aromatic heterocycles. The average molecular weight is 215 g/mol. The quantitative estimate of drug-likeness (QED) is 0.717. The molecule has 0 saturated carbocycles. The highest BCUT2D eigenvalue weighted by Gasteiger charge is 2.08. The van der Waals surface area contributed by atoms with E-state index in [1.165, 1.54) is 17.4 Å². The number of phenolic OH excluding ortho intramolecular Hbond substituents is 1. The number of aromatic hydroxyl groups is 2. The van der Waals surface area contributed by atoms with Gasteiger partial charge in [-0.3, -0.25) is 0 Å². The van der Waals surface area contributed by atoms with Crippen LogP contribution in [-0.4, -0.2) is 10.2 Å². The Morgan fingerprint density at radius 3 is 2.77 bits per heavy atom. The molecule has 0 radical (unpaired) electrons. The van der Waals surface area contributed by atoms with Gasteiger partial charge < -0.3 is 10.2 Å². The number of thiophene rings is 1. The Labute approximate surface area is 84.0 Å². The summed E-state index contributed by atoms with van der Waals surface area (Å²) in [6.07, 6.45) is 0. The third-order valence-corrected chi connectivity index (χ3v) is 3.21. The molecule has 2 aromatic rings. The second-order valence-corrected chi connectivity index (χ2v) is 3.88. The molecule has 0 saturated heterocycles. The number of hydrogen-bond acceptors (Lipinski definition) is 3. The minimum Gasteiger partial charge on any atom is -0.508 e. The average Bonchev–Trinajstić information content (AvgIpc) is 2.47. The molecule has 13 heavy (non-hydrogen) atoms. The predicted octanol–water partition coefficient (Wildman–Crippen LogP) is 3.05. The lowest BCUT2D eigenvalue weighted by molar-refractivity contribution is 0.472. The first kappa shape index (κ1) is 8.66. The molecule has 0 aliphatic carbocycles. The summed E-state index contributed by atoms with van der Waals surface area (Å²) in [5.41, 5.74) is 0.849. The van der Waals surface area contributed by atoms with Gasteiger partial charge in [-0.2, -0.15) is 0 Å². The fourth-order valence-electron chi connectivity index (χ4n) is 1.28. The van der Waals surface area contributed by atoms with Crippen LogP contribution >= 0.6 is 22.9 Å². The highest BCUT2D eigenvalue weighted by Crippen LogP contribution is 2.36. The topological polar surface area (TPSA) is 40.5 Å². The van der Waals surface area contributed by atoms with Crippen LogP contribution in [0.15, 0.2) is 17.5 Å². The summed E-state index contributed by atoms with van der Waals surface area (Å²) in [7, 11) is 0. The Morgan fingerprint density at radius 1 is 1.31 bits per heavy atom. The molecule has 2 N–H and O–H groups in total. The number of benzene rings is 1. The van der Waals surface area contributed by atoms with Gasteiger partial charge in [0.25, 0.3) is 0 Å². The first-order chi connectivity index (χ1) is 6.22. The Morgan fingerprint density at radius 2 is 2.08 bits per heavy atom. The van der Waals surface area contributed by atoms with Gasteiger partial charge in [-0.1, -0.05) is 0 Å². The maximum Gasteiger partial charge on any atom is 0.134 e. The summed E-state index contributed by atoms with van der Waals surface area (Å²) in [6, 6.07) is 3.16. The summed E-state index contributed by atoms with van der Waals surface area (Å²) in [5, 5.41) is 21.0. The number of phenols is 1. The zero-order valence-corrected chi connectivity index (χ0v) is 8.19. The molecule has 0 aliphatic rings. The third kappa shape index (κ3) is 1.34. The lowest BCUT2D eigenvalue weighted by Crippen LogP contribution is -1.77. The van der Waals surface area contributed by atoms with Crippen molar-refractivity contribution in [2.24, 2.45) is 0 Å². The smallest absolute Gasteiger partial charge is 0.134 e. The molecular weight excluding hydrogens is 208 g/mol. The van der Waals surface area contributed by atoms with Crippen molar-refractivity contribution in [2.75, 3.05) is 0 Å². The molecule has 2 nitrogen and oxygen atoms in total. The minimum absolute atomic E-state index is 0.136. The van der Waals surface area contributed by atoms with Gasteiger partial charge in [-0.25, -0.2) is 0 Å². The summed E-state index contributed by atoms with van der Waals surface area (Å²) in [6.45, 7) is 0. The maximum atomic E-state index is 9.41. The normalized spacial score (nSPS) is 10.8. The minimum atomic E-state index is 0.136. The van der Waals surface area contributed by atoms with Gasteiger partial charge in [-0.05, 0) is 17.7 Å². The molecule has 0 atom stereocenters. The van der Waals surface area contributed by atoms with E-state index in [4.69, 9.17) is 11.6 Å². The number of rotatable bonds is 1. The summed E-state index contributed by atoms with van der Waals surface area (Å²) in [5.74, 6) is 0.671. The van der Waals surface area contributed by atoms with Crippen LogP contribution in [0.25, 0.3) is 10.1 Å². The Bertz CT molecular complexity index is 450. The third-order valence-electron chi connectivity index (χ3n) is 1.86. The number of halogens is 1. The van der Waals surface area contributed by atoms with Crippen LogP contribution < -0.4 is 0 Å². The van der Waals surface area contributed by atoms with E-state index in [1.54, 1.807) is 11.4 Å². The largest absolute Gasteiger partial charge is 0.508 e. The van der Waals surface area contributed by atoms with Crippen molar-refractivity contribution < 1.29 is 10.2 Å². The van der Waals surface area contributed by atoms with Crippen molar-refractivity contribution in [3.63, 3.8) is 0 Å². The highest BCUT2D eigenvalue weighted by atomic mass is 35.5. The Hall–Kier alpha value is -0.930. The lowest BCUT2D eigenvalue weighted by atomic mass is 10.1. The van der Waals surface area contributed by atoms with E-state index in [2.05, 4.69) is 0 Å². The lowest BCUT2D eigenvalue weighted by Gasteiger charge is -1.99. The Kier molecular flexibility index (Phi) is 2.06. The van der Waals surface area contributed by atoms with Gasteiger partial charge in [0, 0.05) is 21.3 Å². The predicted molar refractivity (Wildman–Crippen MR) is 54.7 cm³/mol. The summed E-state index contributed by atoms with van der Waals surface area (Å²) < 4.78 is 0.935. The fourth-order valence-corrected chi connectivity index (χ4v) is 2.50. The second kappa shape index (κ2) is 3.09. The number of hydrogen-bond donors (Lipinski definition) is 2. The van der Waals surface area contributed by atoms with Crippen molar-refractivity contribution in [3.8, 4) is 11.5 Å². The van der Waals surface area contributed by atoms with Crippen LogP contribution in [0.5, 0.6) is 11.5 Å². The van der Waals surface area contributed by atoms with Gasteiger partial charge in [0.1, 0.15) is 11.5 Å². The fraction of sp³-hybridized carbons (Fsp3) is 0.111. The molecule has 1 aromatic carbocycles. The zero-order chi connectivity index (χ0) is 9.42. The van der Waals surface area contributed by atoms with Crippen molar-refractivity contribution >= 4 is 33.0 Å². The highest BCUT2D eigenvalue weighted by molar-refractivity contribution is 7.17. The van der Waals surface area contributed by atoms with E-state index in [1.807, 2.05) is 0 Å². The van der Waals surface area contributed by atoms with Crippen molar-refractivity contribution in [2.45, 2.75) is 5.88 Å². The van der Waals surface area contributed by atoms with E-state index in [0.29, 0.717) is 11.3 Å². The molecular formula is C9H7ClO2S. The van der Waals surface area contributed by atoms with Crippen LogP contribution in [-0.2, 0) is 5.88 Å². The van der Waals surface area contributed by atoms with Crippen LogP contribution in [0.2, 0.25) is 0 Å². The maximum absolute atomic E-state index is 9.41. The van der Waals surface area contributed by atoms with Crippen LogP contribution in [0.1, 0.15) is 5.56 Å². The molecule has 0 fully saturated rings. The van der Waals surface area contributed by atoms with Crippen molar-refractivity contribution in [3.05, 3.63) is 23.1 Å². The van der Waals surface area contributed by atoms with Gasteiger partial charge in [0.05, 0.1) is 0 Å². The van der Waals surface area contributed by atoms with E-state index in [0.717, 1.165) is 10.3 Å². The van der Waals surface area contributed by atoms with E-state index < -0.39 is 0 Å². The molecule has 0 bridgehead atoms. The molecule has 0 aliphatic heterocycles. The van der Waals surface area contributed by atoms with E-state index >= 15 is 0 Å². The number of alkyl halides is 1. The van der Waals surface area contributed by atoms with Gasteiger partial charge >= 0.3 is 0 Å². The molecule has 0 spiro atoms. The van der Waals surface area contributed by atoms with E-state index in [-0.39, 0.29) is 11.5 Å². The summed E-state index contributed by atoms with van der Waals surface area (Å²) >= 11 is 7.13. The molecule has 0 unspecified atom stereocenters. The van der Waals surface area contributed by atoms with Crippen LogP contribution in [0, 0.1) is 0 Å². The van der Waals surface area contributed by atoms with Gasteiger partial charge in [0.15, 0.2) is 0 Å². The summed E-state index contributed by atoms with van der Waals surface area (Å²) in [4.78, 5) is 0. The molecule has 0 amide bonds. The van der Waals surface area contributed by atoms with Gasteiger partial charge in [-0.15, -0.1) is 22.9 Å². The SMILES string of the molecule is Oc1cc(CCl)c2scc(O)c2c1. The van der Waals surface area contributed by atoms with Crippen LogP contribution in [0.3, 0.4) is 0 Å². The molecule has 4 heteroatoms. The molecule has 68 valence electrons. The molecule has 1 heterocycles. The van der Waals surface area contributed by atoms with Crippen molar-refractivity contribution in [1.82, 2.24) is 0 Å². The van der Waals surface area contributed by atoms with Crippen LogP contribution in [0.4, 0.5) is 0 Å². The zero-order valence-electron chi connectivity index (χ0n) is 6.62. The first-order valence-corrected chi connectivity index (χ1v) is 5.12. The second-order valence-electron chi connectivity index (χ2n) is 2.74. The Balaban J connectivity index is 2.84. The van der Waals surface area contributed by atoms with E-state index in [9.17, 15) is 10.2 Å². The first-order valence-electron chi connectivity index (χ1n) is 3.70. The monoisotopic (exact) mass is 214 g/mol. The van der Waals surface area contributed by atoms with Gasteiger partial charge in [0.2, 0.25) is 0 Å². The number of fused-ring (bicyclic) bond motifs is 1.